The number of carbonyl (C=O) groups is 2. The highest BCUT2D eigenvalue weighted by atomic mass is 127. The van der Waals surface area contributed by atoms with Gasteiger partial charge in [-0.2, -0.15) is 0 Å². The van der Waals surface area contributed by atoms with Crippen LogP contribution in [0.2, 0.25) is 0 Å². The number of ether oxygens (including phenoxy) is 2. The standard InChI is InChI=1S/C24H36N4O4.HI/c1-3-25-24(28-15-12-19(13-16-28)23(30)31-4-2)26-14-11-18-5-9-21(10-6-18)32-17-22(29)27-20-7-8-20;/h5-6,9-10,19-20H,3-4,7-8,11-17H2,1-2H3,(H,25,26)(H,27,29);1H. The number of benzene rings is 1. The molecular weight excluding hydrogens is 535 g/mol. The molecule has 1 aromatic carbocycles. The van der Waals surface area contributed by atoms with Gasteiger partial charge in [0.05, 0.1) is 12.5 Å². The second kappa shape index (κ2) is 14.3. The second-order valence-electron chi connectivity index (χ2n) is 8.27. The van der Waals surface area contributed by atoms with E-state index in [1.807, 2.05) is 31.2 Å². The average molecular weight is 572 g/mol. The van der Waals surface area contributed by atoms with Gasteiger partial charge in [-0.3, -0.25) is 14.6 Å². The molecule has 2 fully saturated rings. The summed E-state index contributed by atoms with van der Waals surface area (Å²) in [4.78, 5) is 30.7. The maximum atomic E-state index is 12.0. The fourth-order valence-electron chi connectivity index (χ4n) is 3.70. The first-order chi connectivity index (χ1) is 15.6. The largest absolute Gasteiger partial charge is 0.484 e. The van der Waals surface area contributed by atoms with Crippen LogP contribution in [0.15, 0.2) is 29.3 Å². The normalized spacial score (nSPS) is 16.5. The van der Waals surface area contributed by atoms with E-state index in [0.29, 0.717) is 24.9 Å². The van der Waals surface area contributed by atoms with Crippen LogP contribution in [-0.2, 0) is 20.7 Å². The van der Waals surface area contributed by atoms with Gasteiger partial charge in [0, 0.05) is 32.2 Å². The zero-order valence-electron chi connectivity index (χ0n) is 19.7. The SMILES string of the molecule is CCNC(=NCCc1ccc(OCC(=O)NC2CC2)cc1)N1CCC(C(=O)OCC)CC1.I. The van der Waals surface area contributed by atoms with E-state index in [2.05, 4.69) is 22.5 Å². The van der Waals surface area contributed by atoms with E-state index < -0.39 is 0 Å². The van der Waals surface area contributed by atoms with E-state index in [9.17, 15) is 9.59 Å². The first-order valence-corrected chi connectivity index (χ1v) is 11.8. The van der Waals surface area contributed by atoms with E-state index in [0.717, 1.165) is 57.7 Å². The molecule has 0 radical (unpaired) electrons. The molecule has 1 amide bonds. The summed E-state index contributed by atoms with van der Waals surface area (Å²) in [6.07, 6.45) is 4.55. The van der Waals surface area contributed by atoms with Crippen molar-refractivity contribution >= 4 is 41.8 Å². The van der Waals surface area contributed by atoms with Gasteiger partial charge in [0.1, 0.15) is 5.75 Å². The fraction of sp³-hybridized carbons (Fsp3) is 0.625. The lowest BCUT2D eigenvalue weighted by atomic mass is 9.97. The van der Waals surface area contributed by atoms with Crippen LogP contribution in [-0.4, -0.2) is 68.2 Å². The molecule has 33 heavy (non-hydrogen) atoms. The lowest BCUT2D eigenvalue weighted by molar-refractivity contribution is -0.149. The molecule has 1 aromatic rings. The minimum Gasteiger partial charge on any atom is -0.484 e. The number of hydrogen-bond donors (Lipinski definition) is 2. The number of guanidine groups is 1. The number of halogens is 1. The number of likely N-dealkylation sites (tertiary alicyclic amines) is 1. The van der Waals surface area contributed by atoms with Crippen molar-refractivity contribution < 1.29 is 19.1 Å². The Balaban J connectivity index is 0.00000385. The Morgan fingerprint density at radius 2 is 1.79 bits per heavy atom. The molecule has 1 aliphatic heterocycles. The number of hydrogen-bond acceptors (Lipinski definition) is 5. The van der Waals surface area contributed by atoms with Gasteiger partial charge in [0.2, 0.25) is 0 Å². The van der Waals surface area contributed by atoms with E-state index >= 15 is 0 Å². The summed E-state index contributed by atoms with van der Waals surface area (Å²) < 4.78 is 10.7. The number of nitrogens with zero attached hydrogens (tertiary/aromatic N) is 2. The molecule has 184 valence electrons. The Morgan fingerprint density at radius 1 is 1.09 bits per heavy atom. The van der Waals surface area contributed by atoms with Crippen molar-refractivity contribution in [1.82, 2.24) is 15.5 Å². The van der Waals surface area contributed by atoms with Crippen LogP contribution in [0.4, 0.5) is 0 Å². The van der Waals surface area contributed by atoms with Crippen molar-refractivity contribution in [3.05, 3.63) is 29.8 Å². The van der Waals surface area contributed by atoms with Crippen LogP contribution >= 0.6 is 24.0 Å². The second-order valence-corrected chi connectivity index (χ2v) is 8.27. The lowest BCUT2D eigenvalue weighted by Crippen LogP contribution is -2.46. The highest BCUT2D eigenvalue weighted by molar-refractivity contribution is 14.0. The third-order valence-corrected chi connectivity index (χ3v) is 5.65. The van der Waals surface area contributed by atoms with Crippen molar-refractivity contribution in [1.29, 1.82) is 0 Å². The molecule has 9 heteroatoms. The average Bonchev–Trinajstić information content (AvgIpc) is 3.62. The predicted octanol–water partition coefficient (Wildman–Crippen LogP) is 2.75. The molecule has 1 saturated carbocycles. The molecule has 0 bridgehead atoms. The Kier molecular flexibility index (Phi) is 11.8. The van der Waals surface area contributed by atoms with Gasteiger partial charge in [-0.25, -0.2) is 0 Å². The van der Waals surface area contributed by atoms with Crippen molar-refractivity contribution in [2.24, 2.45) is 10.9 Å². The van der Waals surface area contributed by atoms with Crippen molar-refractivity contribution in [2.75, 3.05) is 39.4 Å². The highest BCUT2D eigenvalue weighted by Gasteiger charge is 2.27. The van der Waals surface area contributed by atoms with E-state index in [4.69, 9.17) is 14.5 Å². The molecule has 0 aromatic heterocycles. The Bertz CT molecular complexity index is 775. The summed E-state index contributed by atoms with van der Waals surface area (Å²) in [5.41, 5.74) is 1.17. The Morgan fingerprint density at radius 3 is 2.39 bits per heavy atom. The number of piperidine rings is 1. The number of amides is 1. The molecule has 1 heterocycles. The molecular formula is C24H37IN4O4. The predicted molar refractivity (Wildman–Crippen MR) is 139 cm³/mol. The molecule has 2 aliphatic rings. The first kappa shape index (κ1) is 27.2. The van der Waals surface area contributed by atoms with E-state index in [-0.39, 0.29) is 48.4 Å². The molecule has 0 atom stereocenters. The van der Waals surface area contributed by atoms with Crippen LogP contribution in [0.25, 0.3) is 0 Å². The van der Waals surface area contributed by atoms with Gasteiger partial charge in [-0.05, 0) is 63.6 Å². The van der Waals surface area contributed by atoms with Gasteiger partial charge in [-0.1, -0.05) is 12.1 Å². The molecule has 3 rings (SSSR count). The number of rotatable bonds is 10. The molecule has 0 spiro atoms. The zero-order valence-corrected chi connectivity index (χ0v) is 22.0. The monoisotopic (exact) mass is 572 g/mol. The fourth-order valence-corrected chi connectivity index (χ4v) is 3.70. The molecule has 2 N–H and O–H groups in total. The lowest BCUT2D eigenvalue weighted by Gasteiger charge is -2.33. The van der Waals surface area contributed by atoms with Crippen LogP contribution < -0.4 is 15.4 Å². The zero-order chi connectivity index (χ0) is 22.8. The minimum absolute atomic E-state index is 0. The first-order valence-electron chi connectivity index (χ1n) is 11.8. The molecule has 0 unspecified atom stereocenters. The third kappa shape index (κ3) is 9.38. The Labute approximate surface area is 213 Å². The van der Waals surface area contributed by atoms with Crippen LogP contribution in [0.1, 0.15) is 45.1 Å². The quantitative estimate of drug-likeness (QED) is 0.194. The Hall–Kier alpha value is -2.04. The topological polar surface area (TPSA) is 92.3 Å². The summed E-state index contributed by atoms with van der Waals surface area (Å²) in [5, 5.41) is 6.28. The van der Waals surface area contributed by atoms with Gasteiger partial charge in [0.15, 0.2) is 12.6 Å². The number of nitrogens with one attached hydrogen (secondary N) is 2. The summed E-state index contributed by atoms with van der Waals surface area (Å²) >= 11 is 0. The highest BCUT2D eigenvalue weighted by Crippen LogP contribution is 2.20. The number of esters is 1. The van der Waals surface area contributed by atoms with Crippen LogP contribution in [0.3, 0.4) is 0 Å². The third-order valence-electron chi connectivity index (χ3n) is 5.65. The molecule has 1 aliphatic carbocycles. The number of aliphatic imine (C=N–C) groups is 1. The number of carbonyl (C=O) groups excluding carboxylic acids is 2. The maximum absolute atomic E-state index is 12.0. The van der Waals surface area contributed by atoms with Crippen LogP contribution in [0.5, 0.6) is 5.75 Å². The van der Waals surface area contributed by atoms with Crippen molar-refractivity contribution in [3.63, 3.8) is 0 Å². The van der Waals surface area contributed by atoms with Crippen LogP contribution in [0, 0.1) is 5.92 Å². The molecule has 8 nitrogen and oxygen atoms in total. The summed E-state index contributed by atoms with van der Waals surface area (Å²) in [7, 11) is 0. The van der Waals surface area contributed by atoms with E-state index in [1.165, 1.54) is 5.56 Å². The molecule has 1 saturated heterocycles. The smallest absolute Gasteiger partial charge is 0.309 e. The van der Waals surface area contributed by atoms with Gasteiger partial charge in [0.25, 0.3) is 5.91 Å². The van der Waals surface area contributed by atoms with E-state index in [1.54, 1.807) is 0 Å². The van der Waals surface area contributed by atoms with Crippen molar-refractivity contribution in [3.8, 4) is 5.75 Å². The van der Waals surface area contributed by atoms with Crippen molar-refractivity contribution in [2.45, 2.75) is 52.0 Å². The summed E-state index contributed by atoms with van der Waals surface area (Å²) in [6.45, 7) is 7.47. The maximum Gasteiger partial charge on any atom is 0.309 e. The van der Waals surface area contributed by atoms with Gasteiger partial charge < -0.3 is 25.0 Å². The summed E-state index contributed by atoms with van der Waals surface area (Å²) in [5.74, 6) is 1.45. The summed E-state index contributed by atoms with van der Waals surface area (Å²) in [6, 6.07) is 8.18. The minimum atomic E-state index is -0.0786. The van der Waals surface area contributed by atoms with Gasteiger partial charge in [-0.15, -0.1) is 24.0 Å². The van der Waals surface area contributed by atoms with Gasteiger partial charge >= 0.3 is 5.97 Å².